The van der Waals surface area contributed by atoms with Crippen LogP contribution in [-0.2, 0) is 4.79 Å². The van der Waals surface area contributed by atoms with Crippen LogP contribution in [0, 0.1) is 0 Å². The van der Waals surface area contributed by atoms with Crippen molar-refractivity contribution < 1.29 is 9.90 Å². The first kappa shape index (κ1) is 15.0. The number of nitrogens with zero attached hydrogens (tertiary/aromatic N) is 2. The Morgan fingerprint density at radius 3 is 2.53 bits per heavy atom. The van der Waals surface area contributed by atoms with Gasteiger partial charge in [-0.15, -0.1) is 24.8 Å². The number of aliphatic carboxylic acids is 1. The van der Waals surface area contributed by atoms with Gasteiger partial charge in [0.15, 0.2) is 0 Å². The number of carboxylic acids is 1. The van der Waals surface area contributed by atoms with Crippen LogP contribution in [0.1, 0.15) is 12.8 Å². The molecule has 0 aromatic rings. The molecule has 0 spiro atoms. The highest BCUT2D eigenvalue weighted by Crippen LogP contribution is 2.25. The lowest BCUT2D eigenvalue weighted by Crippen LogP contribution is -2.58. The van der Waals surface area contributed by atoms with Crippen molar-refractivity contribution in [2.75, 3.05) is 26.7 Å². The van der Waals surface area contributed by atoms with Gasteiger partial charge in [-0.1, -0.05) is 0 Å². The van der Waals surface area contributed by atoms with E-state index in [1.807, 2.05) is 11.9 Å². The van der Waals surface area contributed by atoms with Crippen LogP contribution in [0.25, 0.3) is 0 Å². The molecule has 2 aliphatic rings. The summed E-state index contributed by atoms with van der Waals surface area (Å²) in [5.41, 5.74) is 0. The number of fused-ring (bicyclic) bond motifs is 1. The van der Waals surface area contributed by atoms with Gasteiger partial charge in [0, 0.05) is 19.1 Å². The number of likely N-dealkylation sites (N-methyl/N-ethyl adjacent to an activating group) is 1. The monoisotopic (exact) mass is 256 g/mol. The van der Waals surface area contributed by atoms with Crippen molar-refractivity contribution in [3.63, 3.8) is 0 Å². The molecule has 4 nitrogen and oxygen atoms in total. The van der Waals surface area contributed by atoms with Crippen molar-refractivity contribution in [2.24, 2.45) is 0 Å². The highest BCUT2D eigenvalue weighted by molar-refractivity contribution is 5.85. The first-order valence-electron chi connectivity index (χ1n) is 4.87. The number of carboxylic acid groups (broad SMARTS) is 1. The van der Waals surface area contributed by atoms with E-state index in [-0.39, 0.29) is 36.9 Å². The van der Waals surface area contributed by atoms with Crippen LogP contribution >= 0.6 is 24.8 Å². The van der Waals surface area contributed by atoms with Crippen molar-refractivity contribution in [3.05, 3.63) is 0 Å². The van der Waals surface area contributed by atoms with Crippen molar-refractivity contribution >= 4 is 30.8 Å². The first-order valence-corrected chi connectivity index (χ1v) is 4.87. The lowest BCUT2D eigenvalue weighted by Gasteiger charge is -2.40. The van der Waals surface area contributed by atoms with Gasteiger partial charge >= 0.3 is 5.97 Å². The second-order valence-electron chi connectivity index (χ2n) is 4.01. The Morgan fingerprint density at radius 1 is 1.27 bits per heavy atom. The Bertz CT molecular complexity index is 228. The predicted molar refractivity (Wildman–Crippen MR) is 63.1 cm³/mol. The van der Waals surface area contributed by atoms with Crippen LogP contribution < -0.4 is 0 Å². The van der Waals surface area contributed by atoms with Crippen LogP contribution in [0.2, 0.25) is 0 Å². The number of halogens is 2. The van der Waals surface area contributed by atoms with Crippen LogP contribution in [-0.4, -0.2) is 59.6 Å². The van der Waals surface area contributed by atoms with Gasteiger partial charge in [-0.25, -0.2) is 0 Å². The zero-order valence-corrected chi connectivity index (χ0v) is 10.4. The van der Waals surface area contributed by atoms with Gasteiger partial charge in [0.05, 0.1) is 0 Å². The molecule has 2 heterocycles. The van der Waals surface area contributed by atoms with Crippen LogP contribution in [0.5, 0.6) is 0 Å². The van der Waals surface area contributed by atoms with E-state index in [0.29, 0.717) is 0 Å². The summed E-state index contributed by atoms with van der Waals surface area (Å²) in [6.45, 7) is 3.00. The maximum Gasteiger partial charge on any atom is 0.322 e. The van der Waals surface area contributed by atoms with Crippen molar-refractivity contribution in [3.8, 4) is 0 Å². The molecule has 2 aliphatic heterocycles. The van der Waals surface area contributed by atoms with Gasteiger partial charge in [-0.05, 0) is 26.4 Å². The Labute approximate surface area is 102 Å². The Kier molecular flexibility index (Phi) is 5.88. The second kappa shape index (κ2) is 5.89. The van der Waals surface area contributed by atoms with Crippen LogP contribution in [0.15, 0.2) is 0 Å². The molecule has 0 amide bonds. The van der Waals surface area contributed by atoms with E-state index in [4.69, 9.17) is 5.11 Å². The van der Waals surface area contributed by atoms with Crippen LogP contribution in [0.4, 0.5) is 0 Å². The molecule has 90 valence electrons. The molecule has 1 N–H and O–H groups in total. The molecule has 2 saturated heterocycles. The molecular weight excluding hydrogens is 239 g/mol. The van der Waals surface area contributed by atoms with Crippen LogP contribution in [0.3, 0.4) is 0 Å². The van der Waals surface area contributed by atoms with E-state index in [9.17, 15) is 4.79 Å². The SMILES string of the molecule is CN1CCN2CCCC2C1C(=O)O.Cl.Cl. The summed E-state index contributed by atoms with van der Waals surface area (Å²) in [5, 5.41) is 9.09. The van der Waals surface area contributed by atoms with E-state index < -0.39 is 5.97 Å². The number of hydrogen-bond acceptors (Lipinski definition) is 3. The molecule has 0 aliphatic carbocycles. The summed E-state index contributed by atoms with van der Waals surface area (Å²) in [5.74, 6) is -0.667. The third kappa shape index (κ3) is 2.75. The largest absolute Gasteiger partial charge is 0.480 e. The number of hydrogen-bond donors (Lipinski definition) is 1. The smallest absolute Gasteiger partial charge is 0.322 e. The summed E-state index contributed by atoms with van der Waals surface area (Å²) < 4.78 is 0. The average molecular weight is 257 g/mol. The second-order valence-corrected chi connectivity index (χ2v) is 4.01. The Hall–Kier alpha value is -0.0300. The van der Waals surface area contributed by atoms with Crippen molar-refractivity contribution in [1.82, 2.24) is 9.80 Å². The zero-order chi connectivity index (χ0) is 9.42. The molecule has 2 rings (SSSR count). The molecule has 0 aromatic heterocycles. The molecule has 15 heavy (non-hydrogen) atoms. The molecule has 0 bridgehead atoms. The fourth-order valence-corrected chi connectivity index (χ4v) is 2.56. The topological polar surface area (TPSA) is 43.8 Å². The molecular formula is C9H18Cl2N2O2. The average Bonchev–Trinajstić information content (AvgIpc) is 2.50. The van der Waals surface area contributed by atoms with E-state index in [0.717, 1.165) is 32.5 Å². The molecule has 0 saturated carbocycles. The summed E-state index contributed by atoms with van der Waals surface area (Å²) in [6, 6.07) is -0.0208. The van der Waals surface area contributed by atoms with E-state index in [1.54, 1.807) is 0 Å². The molecule has 0 aromatic carbocycles. The molecule has 6 heteroatoms. The molecule has 2 atom stereocenters. The van der Waals surface area contributed by atoms with Gasteiger partial charge in [-0.3, -0.25) is 14.6 Å². The van der Waals surface area contributed by atoms with E-state index >= 15 is 0 Å². The number of piperazine rings is 1. The minimum atomic E-state index is -0.667. The summed E-state index contributed by atoms with van der Waals surface area (Å²) in [7, 11) is 1.91. The Morgan fingerprint density at radius 2 is 1.93 bits per heavy atom. The Balaban J connectivity index is 0.000000980. The minimum absolute atomic E-state index is 0. The highest BCUT2D eigenvalue weighted by atomic mass is 35.5. The molecule has 2 fully saturated rings. The maximum atomic E-state index is 11.0. The lowest BCUT2D eigenvalue weighted by atomic mass is 10.0. The maximum absolute atomic E-state index is 11.0. The summed E-state index contributed by atoms with van der Waals surface area (Å²) in [6.07, 6.45) is 2.20. The van der Waals surface area contributed by atoms with Gasteiger partial charge in [0.2, 0.25) is 0 Å². The van der Waals surface area contributed by atoms with Gasteiger partial charge in [0.25, 0.3) is 0 Å². The van der Waals surface area contributed by atoms with Crippen molar-refractivity contribution in [2.45, 2.75) is 24.9 Å². The summed E-state index contributed by atoms with van der Waals surface area (Å²) in [4.78, 5) is 15.3. The molecule has 2 unspecified atom stereocenters. The van der Waals surface area contributed by atoms with Crippen molar-refractivity contribution in [1.29, 1.82) is 0 Å². The van der Waals surface area contributed by atoms with Gasteiger partial charge in [-0.2, -0.15) is 0 Å². The predicted octanol–water partition coefficient (Wildman–Crippen LogP) is 0.693. The zero-order valence-electron chi connectivity index (χ0n) is 8.76. The fraction of sp³-hybridized carbons (Fsp3) is 0.889. The third-order valence-electron chi connectivity index (χ3n) is 3.25. The third-order valence-corrected chi connectivity index (χ3v) is 3.25. The fourth-order valence-electron chi connectivity index (χ4n) is 2.56. The minimum Gasteiger partial charge on any atom is -0.480 e. The van der Waals surface area contributed by atoms with Gasteiger partial charge in [0.1, 0.15) is 6.04 Å². The normalized spacial score (nSPS) is 31.3. The highest BCUT2D eigenvalue weighted by Gasteiger charge is 2.41. The summed E-state index contributed by atoms with van der Waals surface area (Å²) >= 11 is 0. The van der Waals surface area contributed by atoms with E-state index in [2.05, 4.69) is 4.90 Å². The molecule has 0 radical (unpaired) electrons. The lowest BCUT2D eigenvalue weighted by molar-refractivity contribution is -0.147. The quantitative estimate of drug-likeness (QED) is 0.750. The first-order chi connectivity index (χ1) is 6.20. The number of carbonyl (C=O) groups is 1. The number of rotatable bonds is 1. The van der Waals surface area contributed by atoms with E-state index in [1.165, 1.54) is 0 Å². The standard InChI is InChI=1S/C9H16N2O2.2ClH/c1-10-5-6-11-4-2-3-7(11)8(10)9(12)13;;/h7-8H,2-6H2,1H3,(H,12,13);2*1H. The van der Waals surface area contributed by atoms with Gasteiger partial charge < -0.3 is 5.11 Å².